The minimum atomic E-state index is -0.124. The Bertz CT molecular complexity index is 537. The second-order valence-electron chi connectivity index (χ2n) is 6.20. The summed E-state index contributed by atoms with van der Waals surface area (Å²) < 4.78 is 0. The van der Waals surface area contributed by atoms with E-state index in [1.807, 2.05) is 9.80 Å². The van der Waals surface area contributed by atoms with E-state index in [2.05, 4.69) is 15.5 Å². The van der Waals surface area contributed by atoms with E-state index in [4.69, 9.17) is 0 Å². The van der Waals surface area contributed by atoms with Crippen molar-refractivity contribution in [2.45, 2.75) is 38.1 Å². The number of amides is 3. The summed E-state index contributed by atoms with van der Waals surface area (Å²) in [6, 6.07) is 1.92. The molecular formula is C16H23N5O2. The van der Waals surface area contributed by atoms with Gasteiger partial charge < -0.3 is 15.1 Å². The number of aromatic nitrogens is 2. The molecule has 0 unspecified atom stereocenters. The Morgan fingerprint density at radius 1 is 1.00 bits per heavy atom. The van der Waals surface area contributed by atoms with Crippen LogP contribution in [0.5, 0.6) is 0 Å². The minimum absolute atomic E-state index is 0.112. The van der Waals surface area contributed by atoms with Gasteiger partial charge >= 0.3 is 6.03 Å². The highest BCUT2D eigenvalue weighted by atomic mass is 16.2. The van der Waals surface area contributed by atoms with Gasteiger partial charge in [-0.25, -0.2) is 4.79 Å². The first-order valence-corrected chi connectivity index (χ1v) is 8.35. The van der Waals surface area contributed by atoms with E-state index in [-0.39, 0.29) is 18.0 Å². The average molecular weight is 317 g/mol. The zero-order valence-corrected chi connectivity index (χ0v) is 13.3. The van der Waals surface area contributed by atoms with Crippen LogP contribution in [0.4, 0.5) is 4.79 Å². The molecule has 2 aliphatic heterocycles. The molecular weight excluding hydrogens is 294 g/mol. The molecule has 3 amide bonds. The molecule has 2 fully saturated rings. The third kappa shape index (κ3) is 3.97. The quantitative estimate of drug-likeness (QED) is 0.891. The number of hydrogen-bond donors (Lipinski definition) is 1. The van der Waals surface area contributed by atoms with Crippen LogP contribution in [0.2, 0.25) is 0 Å². The lowest BCUT2D eigenvalue weighted by Crippen LogP contribution is -2.51. The molecule has 1 aromatic heterocycles. The molecule has 0 saturated carbocycles. The van der Waals surface area contributed by atoms with E-state index in [1.165, 1.54) is 18.8 Å². The monoisotopic (exact) mass is 317 g/mol. The first-order chi connectivity index (χ1) is 11.2. The Hall–Kier alpha value is -2.18. The number of nitrogens with zero attached hydrogens (tertiary/aromatic N) is 4. The Labute approximate surface area is 136 Å². The van der Waals surface area contributed by atoms with Crippen LogP contribution in [-0.4, -0.2) is 64.2 Å². The van der Waals surface area contributed by atoms with Gasteiger partial charge in [-0.1, -0.05) is 0 Å². The summed E-state index contributed by atoms with van der Waals surface area (Å²) in [5.41, 5.74) is 0.520. The number of carbonyl (C=O) groups is 2. The van der Waals surface area contributed by atoms with Crippen molar-refractivity contribution in [1.82, 2.24) is 25.3 Å². The number of carbonyl (C=O) groups excluding carboxylic acids is 2. The second-order valence-corrected chi connectivity index (χ2v) is 6.20. The van der Waals surface area contributed by atoms with Gasteiger partial charge in [0, 0.05) is 32.2 Å². The largest absolute Gasteiger partial charge is 0.349 e. The fraction of sp³-hybridized carbons (Fsp3) is 0.625. The maximum Gasteiger partial charge on any atom is 0.319 e. The minimum Gasteiger partial charge on any atom is -0.349 e. The molecule has 2 aliphatic rings. The summed E-state index contributed by atoms with van der Waals surface area (Å²) in [6.07, 6.45) is 8.00. The van der Waals surface area contributed by atoms with E-state index >= 15 is 0 Å². The SMILES string of the molecule is O=C(NC1CCN(C(=O)N2CCCCC2)CC1)c1ccnnc1. The molecule has 7 heteroatoms. The summed E-state index contributed by atoms with van der Waals surface area (Å²) in [7, 11) is 0. The fourth-order valence-electron chi connectivity index (χ4n) is 3.19. The molecule has 1 aromatic rings. The third-order valence-electron chi connectivity index (χ3n) is 4.57. The summed E-state index contributed by atoms with van der Waals surface area (Å²) in [4.78, 5) is 28.4. The van der Waals surface area contributed by atoms with Gasteiger partial charge in [-0.2, -0.15) is 10.2 Å². The Morgan fingerprint density at radius 3 is 2.35 bits per heavy atom. The van der Waals surface area contributed by atoms with Gasteiger partial charge in [0.25, 0.3) is 5.91 Å². The molecule has 1 N–H and O–H groups in total. The topological polar surface area (TPSA) is 78.4 Å². The van der Waals surface area contributed by atoms with Gasteiger partial charge in [0.2, 0.25) is 0 Å². The van der Waals surface area contributed by atoms with Crippen LogP contribution < -0.4 is 5.32 Å². The Kier molecular flexibility index (Phi) is 5.05. The smallest absolute Gasteiger partial charge is 0.319 e. The molecule has 0 aromatic carbocycles. The predicted octanol–water partition coefficient (Wildman–Crippen LogP) is 1.28. The number of rotatable bonds is 2. The molecule has 0 atom stereocenters. The van der Waals surface area contributed by atoms with Crippen molar-refractivity contribution in [1.29, 1.82) is 0 Å². The number of likely N-dealkylation sites (tertiary alicyclic amines) is 2. The van der Waals surface area contributed by atoms with Crippen LogP contribution in [0.15, 0.2) is 18.5 Å². The van der Waals surface area contributed by atoms with Gasteiger partial charge in [0.05, 0.1) is 18.0 Å². The van der Waals surface area contributed by atoms with Crippen molar-refractivity contribution in [3.63, 3.8) is 0 Å². The van der Waals surface area contributed by atoms with Crippen LogP contribution in [0.25, 0.3) is 0 Å². The van der Waals surface area contributed by atoms with Gasteiger partial charge in [0.15, 0.2) is 0 Å². The van der Waals surface area contributed by atoms with Gasteiger partial charge in [-0.3, -0.25) is 4.79 Å². The molecule has 7 nitrogen and oxygen atoms in total. The van der Waals surface area contributed by atoms with Crippen LogP contribution in [0, 0.1) is 0 Å². The highest BCUT2D eigenvalue weighted by Crippen LogP contribution is 2.16. The Morgan fingerprint density at radius 2 is 1.70 bits per heavy atom. The summed E-state index contributed by atoms with van der Waals surface area (Å²) in [5.74, 6) is -0.124. The molecule has 0 aliphatic carbocycles. The van der Waals surface area contributed by atoms with Crippen molar-refractivity contribution < 1.29 is 9.59 Å². The van der Waals surface area contributed by atoms with Crippen molar-refractivity contribution in [2.24, 2.45) is 0 Å². The van der Waals surface area contributed by atoms with E-state index in [1.54, 1.807) is 6.07 Å². The predicted molar refractivity (Wildman–Crippen MR) is 84.9 cm³/mol. The zero-order chi connectivity index (χ0) is 16.1. The van der Waals surface area contributed by atoms with E-state index in [0.29, 0.717) is 18.7 Å². The molecule has 2 saturated heterocycles. The fourth-order valence-corrected chi connectivity index (χ4v) is 3.19. The summed E-state index contributed by atoms with van der Waals surface area (Å²) in [6.45, 7) is 3.17. The maximum absolute atomic E-state index is 12.5. The number of nitrogens with one attached hydrogen (secondary N) is 1. The van der Waals surface area contributed by atoms with Crippen LogP contribution in [0.3, 0.4) is 0 Å². The van der Waals surface area contributed by atoms with Crippen molar-refractivity contribution >= 4 is 11.9 Å². The third-order valence-corrected chi connectivity index (χ3v) is 4.57. The summed E-state index contributed by atoms with van der Waals surface area (Å²) in [5, 5.41) is 10.4. The normalized spacial score (nSPS) is 19.5. The number of piperidine rings is 2. The highest BCUT2D eigenvalue weighted by molar-refractivity contribution is 5.93. The average Bonchev–Trinajstić information content (AvgIpc) is 2.63. The Balaban J connectivity index is 1.46. The van der Waals surface area contributed by atoms with E-state index in [9.17, 15) is 9.59 Å². The van der Waals surface area contributed by atoms with Crippen molar-refractivity contribution in [3.05, 3.63) is 24.0 Å². The zero-order valence-electron chi connectivity index (χ0n) is 13.3. The van der Waals surface area contributed by atoms with Gasteiger partial charge in [0.1, 0.15) is 0 Å². The van der Waals surface area contributed by atoms with Crippen molar-refractivity contribution in [2.75, 3.05) is 26.2 Å². The van der Waals surface area contributed by atoms with Crippen LogP contribution in [-0.2, 0) is 0 Å². The van der Waals surface area contributed by atoms with Crippen LogP contribution >= 0.6 is 0 Å². The highest BCUT2D eigenvalue weighted by Gasteiger charge is 2.27. The molecule has 124 valence electrons. The van der Waals surface area contributed by atoms with E-state index in [0.717, 1.165) is 38.8 Å². The molecule has 23 heavy (non-hydrogen) atoms. The number of urea groups is 1. The number of hydrogen-bond acceptors (Lipinski definition) is 4. The van der Waals surface area contributed by atoms with E-state index < -0.39 is 0 Å². The summed E-state index contributed by atoms with van der Waals surface area (Å²) >= 11 is 0. The van der Waals surface area contributed by atoms with Gasteiger partial charge in [-0.15, -0.1) is 0 Å². The van der Waals surface area contributed by atoms with Gasteiger partial charge in [-0.05, 0) is 38.2 Å². The van der Waals surface area contributed by atoms with Crippen molar-refractivity contribution in [3.8, 4) is 0 Å². The first-order valence-electron chi connectivity index (χ1n) is 8.35. The maximum atomic E-state index is 12.5. The lowest BCUT2D eigenvalue weighted by molar-refractivity contribution is 0.0907. The second kappa shape index (κ2) is 7.39. The standard InChI is InChI=1S/C16H23N5O2/c22-15(13-4-7-17-18-12-13)19-14-5-10-21(11-6-14)16(23)20-8-2-1-3-9-20/h4,7,12,14H,1-3,5-6,8-11H2,(H,19,22). The lowest BCUT2D eigenvalue weighted by Gasteiger charge is -2.37. The van der Waals surface area contributed by atoms with Crippen LogP contribution in [0.1, 0.15) is 42.5 Å². The molecule has 0 radical (unpaired) electrons. The molecule has 3 rings (SSSR count). The lowest BCUT2D eigenvalue weighted by atomic mass is 10.0. The molecule has 0 spiro atoms. The molecule has 3 heterocycles. The first kappa shape index (κ1) is 15.7. The molecule has 0 bridgehead atoms.